The number of ether oxygens (including phenoxy) is 1. The molecule has 2 atom stereocenters. The Kier molecular flexibility index (Phi) is 13.0. The molecular weight excluding hydrogens is 312 g/mol. The van der Waals surface area contributed by atoms with Crippen LogP contribution >= 0.6 is 0 Å². The zero-order valence-electron chi connectivity index (χ0n) is 17.3. The van der Waals surface area contributed by atoms with Gasteiger partial charge in [-0.2, -0.15) is 0 Å². The van der Waals surface area contributed by atoms with Crippen molar-refractivity contribution in [3.63, 3.8) is 0 Å². The van der Waals surface area contributed by atoms with E-state index < -0.39 is 11.2 Å². The van der Waals surface area contributed by atoms with Gasteiger partial charge in [-0.1, -0.05) is 36.0 Å². The Morgan fingerprint density at radius 2 is 1.36 bits per heavy atom. The third kappa shape index (κ3) is 17.0. The van der Waals surface area contributed by atoms with Gasteiger partial charge in [0.05, 0.1) is 5.60 Å². The molecule has 0 saturated heterocycles. The van der Waals surface area contributed by atoms with Crippen LogP contribution in [0, 0.1) is 0 Å². The first-order valence-corrected chi connectivity index (χ1v) is 8.83. The number of aliphatic hydroxyl groups is 1. The molecule has 0 rings (SSSR count). The molecule has 0 radical (unpaired) electrons. The van der Waals surface area contributed by atoms with Crippen LogP contribution in [0.1, 0.15) is 74.1 Å². The van der Waals surface area contributed by atoms with Gasteiger partial charge < -0.3 is 9.84 Å². The van der Waals surface area contributed by atoms with E-state index in [4.69, 9.17) is 4.74 Å². The lowest BCUT2D eigenvalue weighted by Gasteiger charge is -2.24. The zero-order chi connectivity index (χ0) is 20.1. The number of carbonyl (C=O) groups is 1. The summed E-state index contributed by atoms with van der Waals surface area (Å²) in [7, 11) is 0. The summed E-state index contributed by atoms with van der Waals surface area (Å²) in [5.74, 6) is -0.260. The number of allylic oxidation sites excluding steroid dienone is 4. The molecular formula is C22H38O3. The molecule has 0 aliphatic rings. The van der Waals surface area contributed by atoms with Crippen molar-refractivity contribution in [2.75, 3.05) is 0 Å². The summed E-state index contributed by atoms with van der Waals surface area (Å²) in [5.41, 5.74) is 1.34. The molecule has 3 heteroatoms. The average molecular weight is 351 g/mol. The molecule has 0 aromatic heterocycles. The standard InChI is InChI=1S/C12H20O2.C10H18O/c1-6-12(5,14-11(4)13)9-7-8-10(2)3;1-5-10(4,11)8-6-7-9(2)3/h6,8H,1,7,9H2,2-5H3;5,7,11H,1,6,8H2,2-4H3. The highest BCUT2D eigenvalue weighted by Gasteiger charge is 2.22. The summed E-state index contributed by atoms with van der Waals surface area (Å²) >= 11 is 0. The zero-order valence-corrected chi connectivity index (χ0v) is 17.3. The maximum Gasteiger partial charge on any atom is 0.303 e. The van der Waals surface area contributed by atoms with Gasteiger partial charge in [-0.3, -0.25) is 4.79 Å². The van der Waals surface area contributed by atoms with Crippen molar-refractivity contribution in [3.05, 3.63) is 48.6 Å². The minimum Gasteiger partial charge on any atom is -0.455 e. The molecule has 0 spiro atoms. The van der Waals surface area contributed by atoms with Crippen LogP contribution in [0.25, 0.3) is 0 Å². The predicted octanol–water partition coefficient (Wildman–Crippen LogP) is 5.91. The summed E-state index contributed by atoms with van der Waals surface area (Å²) in [6, 6.07) is 0. The van der Waals surface area contributed by atoms with Gasteiger partial charge in [0, 0.05) is 6.92 Å². The van der Waals surface area contributed by atoms with Crippen LogP contribution in [0.4, 0.5) is 0 Å². The monoisotopic (exact) mass is 350 g/mol. The Morgan fingerprint density at radius 3 is 1.68 bits per heavy atom. The quantitative estimate of drug-likeness (QED) is 0.415. The third-order valence-electron chi connectivity index (χ3n) is 3.64. The fraction of sp³-hybridized carbons (Fsp3) is 0.591. The maximum absolute atomic E-state index is 10.8. The van der Waals surface area contributed by atoms with Crippen molar-refractivity contribution in [2.24, 2.45) is 0 Å². The van der Waals surface area contributed by atoms with E-state index in [0.717, 1.165) is 25.7 Å². The van der Waals surface area contributed by atoms with Crippen molar-refractivity contribution in [1.29, 1.82) is 0 Å². The fourth-order valence-electron chi connectivity index (χ4n) is 1.93. The number of rotatable bonds is 9. The molecule has 0 aromatic carbocycles. The second kappa shape index (κ2) is 12.7. The van der Waals surface area contributed by atoms with Gasteiger partial charge in [0.15, 0.2) is 0 Å². The van der Waals surface area contributed by atoms with Gasteiger partial charge >= 0.3 is 5.97 Å². The normalized spacial score (nSPS) is 14.6. The lowest BCUT2D eigenvalue weighted by atomic mass is 9.99. The Bertz CT molecular complexity index is 476. The molecule has 0 bridgehead atoms. The molecule has 0 fully saturated rings. The summed E-state index contributed by atoms with van der Waals surface area (Å²) in [4.78, 5) is 10.8. The summed E-state index contributed by atoms with van der Waals surface area (Å²) in [5, 5.41) is 9.49. The Balaban J connectivity index is 0. The van der Waals surface area contributed by atoms with Crippen LogP contribution in [-0.2, 0) is 9.53 Å². The molecule has 0 aliphatic heterocycles. The van der Waals surface area contributed by atoms with Crippen molar-refractivity contribution in [2.45, 2.75) is 85.4 Å². The van der Waals surface area contributed by atoms with Gasteiger partial charge in [-0.05, 0) is 73.3 Å². The fourth-order valence-corrected chi connectivity index (χ4v) is 1.93. The van der Waals surface area contributed by atoms with Gasteiger partial charge in [0.1, 0.15) is 5.60 Å². The second-order valence-electron chi connectivity index (χ2n) is 7.31. The molecule has 0 saturated carbocycles. The Labute approximate surface area is 155 Å². The minimum absolute atomic E-state index is 0.260. The molecule has 0 aliphatic carbocycles. The topological polar surface area (TPSA) is 46.5 Å². The third-order valence-corrected chi connectivity index (χ3v) is 3.64. The van der Waals surface area contributed by atoms with Crippen molar-refractivity contribution in [1.82, 2.24) is 0 Å². The number of esters is 1. The van der Waals surface area contributed by atoms with Crippen molar-refractivity contribution < 1.29 is 14.6 Å². The van der Waals surface area contributed by atoms with E-state index in [9.17, 15) is 9.90 Å². The molecule has 2 unspecified atom stereocenters. The van der Waals surface area contributed by atoms with Crippen LogP contribution in [0.2, 0.25) is 0 Å². The van der Waals surface area contributed by atoms with Gasteiger partial charge in [-0.25, -0.2) is 0 Å². The minimum atomic E-state index is -0.702. The second-order valence-corrected chi connectivity index (χ2v) is 7.31. The Morgan fingerprint density at radius 1 is 0.920 bits per heavy atom. The van der Waals surface area contributed by atoms with E-state index in [1.54, 1.807) is 19.1 Å². The van der Waals surface area contributed by atoms with E-state index in [1.807, 2.05) is 6.92 Å². The SMILES string of the molecule is C=CC(C)(CCC=C(C)C)OC(C)=O.C=CC(C)(O)CCC=C(C)C. The van der Waals surface area contributed by atoms with Crippen molar-refractivity contribution >= 4 is 5.97 Å². The predicted molar refractivity (Wildman–Crippen MR) is 109 cm³/mol. The highest BCUT2D eigenvalue weighted by atomic mass is 16.6. The number of hydrogen-bond acceptors (Lipinski definition) is 3. The van der Waals surface area contributed by atoms with E-state index in [0.29, 0.717) is 0 Å². The first kappa shape index (κ1) is 25.6. The first-order chi connectivity index (χ1) is 11.4. The number of carbonyl (C=O) groups excluding carboxylic acids is 1. The van der Waals surface area contributed by atoms with Gasteiger partial charge in [0.25, 0.3) is 0 Å². The lowest BCUT2D eigenvalue weighted by Crippen LogP contribution is -2.27. The van der Waals surface area contributed by atoms with E-state index in [1.165, 1.54) is 18.1 Å². The van der Waals surface area contributed by atoms with E-state index >= 15 is 0 Å². The van der Waals surface area contributed by atoms with Crippen LogP contribution in [-0.4, -0.2) is 22.3 Å². The van der Waals surface area contributed by atoms with E-state index in [2.05, 4.69) is 53.0 Å². The van der Waals surface area contributed by atoms with Crippen molar-refractivity contribution in [3.8, 4) is 0 Å². The largest absolute Gasteiger partial charge is 0.455 e. The van der Waals surface area contributed by atoms with Crippen LogP contribution in [0.3, 0.4) is 0 Å². The van der Waals surface area contributed by atoms with E-state index in [-0.39, 0.29) is 5.97 Å². The highest BCUT2D eigenvalue weighted by molar-refractivity contribution is 5.66. The van der Waals surface area contributed by atoms with Crippen LogP contribution < -0.4 is 0 Å². The number of hydrogen-bond donors (Lipinski definition) is 1. The lowest BCUT2D eigenvalue weighted by molar-refractivity contribution is -0.151. The van der Waals surface area contributed by atoms with Crippen LogP contribution in [0.15, 0.2) is 48.6 Å². The smallest absolute Gasteiger partial charge is 0.303 e. The molecule has 0 aromatic rings. The first-order valence-electron chi connectivity index (χ1n) is 8.83. The molecule has 0 amide bonds. The molecule has 0 heterocycles. The van der Waals surface area contributed by atoms with Gasteiger partial charge in [-0.15, -0.1) is 6.58 Å². The average Bonchev–Trinajstić information content (AvgIpc) is 2.46. The maximum atomic E-state index is 10.8. The molecule has 144 valence electrons. The summed E-state index contributed by atoms with van der Waals surface area (Å²) < 4.78 is 5.18. The van der Waals surface area contributed by atoms with Gasteiger partial charge in [0.2, 0.25) is 0 Å². The Hall–Kier alpha value is -1.61. The highest BCUT2D eigenvalue weighted by Crippen LogP contribution is 2.20. The molecule has 25 heavy (non-hydrogen) atoms. The molecule has 1 N–H and O–H groups in total. The molecule has 3 nitrogen and oxygen atoms in total. The van der Waals surface area contributed by atoms with Crippen LogP contribution in [0.5, 0.6) is 0 Å². The summed E-state index contributed by atoms with van der Waals surface area (Å²) in [6.45, 7) is 20.5. The summed E-state index contributed by atoms with van der Waals surface area (Å²) in [6.07, 6.45) is 10.9.